The van der Waals surface area contributed by atoms with E-state index in [1.165, 1.54) is 23.8 Å². The van der Waals surface area contributed by atoms with Crippen molar-refractivity contribution in [2.24, 2.45) is 0 Å². The topological polar surface area (TPSA) is 53.8 Å². The van der Waals surface area contributed by atoms with Crippen molar-refractivity contribution in [1.29, 1.82) is 0 Å². The summed E-state index contributed by atoms with van der Waals surface area (Å²) in [5.41, 5.74) is 2.04. The van der Waals surface area contributed by atoms with E-state index in [9.17, 15) is 9.90 Å². The van der Waals surface area contributed by atoms with E-state index in [1.54, 1.807) is 12.1 Å². The van der Waals surface area contributed by atoms with Crippen LogP contribution >= 0.6 is 0 Å². The molecule has 0 aromatic heterocycles. The van der Waals surface area contributed by atoms with Crippen LogP contribution in [0.3, 0.4) is 0 Å². The van der Waals surface area contributed by atoms with Crippen molar-refractivity contribution < 1.29 is 19.5 Å². The van der Waals surface area contributed by atoms with Crippen LogP contribution in [0.25, 0.3) is 6.08 Å². The Morgan fingerprint density at radius 3 is 2.58 bits per heavy atom. The molecule has 0 spiro atoms. The van der Waals surface area contributed by atoms with Gasteiger partial charge < -0.3 is 14.7 Å². The van der Waals surface area contributed by atoms with Crippen molar-refractivity contribution in [3.8, 4) is 11.5 Å². The van der Waals surface area contributed by atoms with Gasteiger partial charge in [-0.3, -0.25) is 4.79 Å². The van der Waals surface area contributed by atoms with Gasteiger partial charge in [-0.1, -0.05) is 42.1 Å². The Morgan fingerprint density at radius 2 is 1.83 bits per heavy atom. The van der Waals surface area contributed by atoms with Crippen molar-refractivity contribution in [3.05, 3.63) is 64.9 Å². The molecular weight excluding hydrogens is 302 g/mol. The molecule has 2 aliphatic heterocycles. The average molecular weight is 321 g/mol. The molecule has 4 nitrogen and oxygen atoms in total. The average Bonchev–Trinajstić information content (AvgIpc) is 3.21. The molecule has 4 rings (SSSR count). The van der Waals surface area contributed by atoms with E-state index in [-0.39, 0.29) is 11.5 Å². The highest BCUT2D eigenvalue weighted by molar-refractivity contribution is 6.14. The Balaban J connectivity index is 1.68. The second-order valence-electron chi connectivity index (χ2n) is 6.40. The van der Waals surface area contributed by atoms with Gasteiger partial charge in [0.15, 0.2) is 5.76 Å². The zero-order valence-electron chi connectivity index (χ0n) is 13.4. The second kappa shape index (κ2) is 6.13. The van der Waals surface area contributed by atoms with Gasteiger partial charge in [-0.25, -0.2) is 0 Å². The SMILES string of the molecule is O=C1/C(=C/c2ccccc2)Oc2c1ccc([O-])c2C[NH+]1CCCC1. The molecule has 1 N–H and O–H groups in total. The molecule has 122 valence electrons. The number of benzene rings is 2. The van der Waals surface area contributed by atoms with Gasteiger partial charge in [0.25, 0.3) is 0 Å². The van der Waals surface area contributed by atoms with Gasteiger partial charge in [0.05, 0.1) is 18.7 Å². The minimum atomic E-state index is -0.147. The number of ether oxygens (including phenoxy) is 1. The number of nitrogens with one attached hydrogen (secondary N) is 1. The van der Waals surface area contributed by atoms with Crippen molar-refractivity contribution in [3.63, 3.8) is 0 Å². The Labute approximate surface area is 141 Å². The number of rotatable bonds is 3. The largest absolute Gasteiger partial charge is 0.872 e. The fourth-order valence-electron chi connectivity index (χ4n) is 3.46. The van der Waals surface area contributed by atoms with Crippen molar-refractivity contribution in [2.75, 3.05) is 13.1 Å². The molecule has 0 atom stereocenters. The van der Waals surface area contributed by atoms with Crippen LogP contribution in [0.5, 0.6) is 11.5 Å². The van der Waals surface area contributed by atoms with E-state index < -0.39 is 0 Å². The maximum Gasteiger partial charge on any atom is 0.231 e. The molecule has 0 aliphatic carbocycles. The lowest BCUT2D eigenvalue weighted by Crippen LogP contribution is -3.08. The smallest absolute Gasteiger partial charge is 0.231 e. The predicted octanol–water partition coefficient (Wildman–Crippen LogP) is 1.56. The normalized spacial score (nSPS) is 18.8. The van der Waals surface area contributed by atoms with Gasteiger partial charge >= 0.3 is 0 Å². The number of carbonyl (C=O) groups excluding carboxylic acids is 1. The molecule has 0 amide bonds. The van der Waals surface area contributed by atoms with E-state index in [4.69, 9.17) is 4.74 Å². The summed E-state index contributed by atoms with van der Waals surface area (Å²) >= 11 is 0. The number of likely N-dealkylation sites (tertiary alicyclic amines) is 1. The van der Waals surface area contributed by atoms with Crippen LogP contribution in [0, 0.1) is 0 Å². The molecular formula is C20H19NO3. The van der Waals surface area contributed by atoms with Gasteiger partial charge in [0.2, 0.25) is 5.78 Å². The minimum absolute atomic E-state index is 0.0399. The predicted molar refractivity (Wildman–Crippen MR) is 88.9 cm³/mol. The fourth-order valence-corrected chi connectivity index (χ4v) is 3.46. The Bertz CT molecular complexity index is 805. The number of hydrogen-bond donors (Lipinski definition) is 1. The summed E-state index contributed by atoms with van der Waals surface area (Å²) in [6.45, 7) is 2.78. The lowest BCUT2D eigenvalue weighted by molar-refractivity contribution is -0.901. The molecule has 2 heterocycles. The Hall–Kier alpha value is -2.59. The van der Waals surface area contributed by atoms with E-state index in [0.717, 1.165) is 18.7 Å². The van der Waals surface area contributed by atoms with Gasteiger partial charge in [0.1, 0.15) is 12.3 Å². The summed E-state index contributed by atoms with van der Waals surface area (Å²) in [5.74, 6) is 0.571. The molecule has 2 aliphatic rings. The Kier molecular flexibility index (Phi) is 3.82. The minimum Gasteiger partial charge on any atom is -0.872 e. The highest BCUT2D eigenvalue weighted by Gasteiger charge is 2.31. The van der Waals surface area contributed by atoms with E-state index in [2.05, 4.69) is 0 Å². The molecule has 0 radical (unpaired) electrons. The Morgan fingerprint density at radius 1 is 1.08 bits per heavy atom. The van der Waals surface area contributed by atoms with E-state index in [1.807, 2.05) is 30.3 Å². The van der Waals surface area contributed by atoms with Gasteiger partial charge in [-0.05, 0) is 17.7 Å². The lowest BCUT2D eigenvalue weighted by Gasteiger charge is -2.19. The molecule has 1 fully saturated rings. The fraction of sp³-hybridized carbons (Fsp3) is 0.250. The molecule has 0 saturated carbocycles. The third-order valence-corrected chi connectivity index (χ3v) is 4.73. The first-order valence-corrected chi connectivity index (χ1v) is 8.38. The zero-order valence-corrected chi connectivity index (χ0v) is 13.4. The maximum absolute atomic E-state index is 12.6. The second-order valence-corrected chi connectivity index (χ2v) is 6.40. The number of carbonyl (C=O) groups is 1. The summed E-state index contributed by atoms with van der Waals surface area (Å²) in [6.07, 6.45) is 4.12. The summed E-state index contributed by atoms with van der Waals surface area (Å²) in [4.78, 5) is 14.0. The van der Waals surface area contributed by atoms with Crippen molar-refractivity contribution in [1.82, 2.24) is 0 Å². The third-order valence-electron chi connectivity index (χ3n) is 4.73. The van der Waals surface area contributed by atoms with Gasteiger partial charge in [-0.2, -0.15) is 0 Å². The van der Waals surface area contributed by atoms with Crippen LogP contribution in [-0.4, -0.2) is 18.9 Å². The quantitative estimate of drug-likeness (QED) is 0.873. The molecule has 0 bridgehead atoms. The first-order chi connectivity index (χ1) is 11.7. The van der Waals surface area contributed by atoms with Crippen LogP contribution in [0.4, 0.5) is 0 Å². The summed E-state index contributed by atoms with van der Waals surface area (Å²) < 4.78 is 5.84. The third kappa shape index (κ3) is 2.69. The molecule has 2 aromatic rings. The van der Waals surface area contributed by atoms with Crippen molar-refractivity contribution in [2.45, 2.75) is 19.4 Å². The van der Waals surface area contributed by atoms with Gasteiger partial charge in [0, 0.05) is 18.4 Å². The van der Waals surface area contributed by atoms with Crippen LogP contribution in [0.1, 0.15) is 34.3 Å². The summed E-state index contributed by atoms with van der Waals surface area (Å²) in [6, 6.07) is 12.7. The molecule has 0 unspecified atom stereocenters. The van der Waals surface area contributed by atoms with Gasteiger partial charge in [-0.15, -0.1) is 0 Å². The molecule has 2 aromatic carbocycles. The zero-order chi connectivity index (χ0) is 16.5. The highest BCUT2D eigenvalue weighted by atomic mass is 16.5. The van der Waals surface area contributed by atoms with E-state index in [0.29, 0.717) is 29.2 Å². The molecule has 24 heavy (non-hydrogen) atoms. The number of fused-ring (bicyclic) bond motifs is 1. The van der Waals surface area contributed by atoms with Crippen LogP contribution in [0.2, 0.25) is 0 Å². The molecule has 1 saturated heterocycles. The monoisotopic (exact) mass is 321 g/mol. The lowest BCUT2D eigenvalue weighted by atomic mass is 10.0. The first-order valence-electron chi connectivity index (χ1n) is 8.38. The number of ketones is 1. The van der Waals surface area contributed by atoms with Crippen molar-refractivity contribution >= 4 is 11.9 Å². The van der Waals surface area contributed by atoms with E-state index >= 15 is 0 Å². The number of hydrogen-bond acceptors (Lipinski definition) is 3. The highest BCUT2D eigenvalue weighted by Crippen LogP contribution is 2.38. The first kappa shape index (κ1) is 15.0. The maximum atomic E-state index is 12.6. The number of quaternary nitrogens is 1. The summed E-state index contributed by atoms with van der Waals surface area (Å²) in [5, 5.41) is 12.3. The number of Topliss-reactive ketones (excluding diaryl/α,β-unsaturated/α-hetero) is 1. The molecule has 4 heteroatoms. The number of allylic oxidation sites excluding steroid dienone is 1. The van der Waals surface area contributed by atoms with Crippen LogP contribution < -0.4 is 14.7 Å². The van der Waals surface area contributed by atoms with Crippen LogP contribution in [0.15, 0.2) is 48.2 Å². The standard InChI is InChI=1S/C20H19NO3/c22-17-9-8-15-19(23)18(12-14-6-2-1-3-7-14)24-20(15)16(17)13-21-10-4-5-11-21/h1-3,6-9,12,22H,4-5,10-11,13H2/b18-12-. The summed E-state index contributed by atoms with van der Waals surface area (Å²) in [7, 11) is 0. The van der Waals surface area contributed by atoms with Crippen LogP contribution in [-0.2, 0) is 6.54 Å².